The molecule has 0 radical (unpaired) electrons. The summed E-state index contributed by atoms with van der Waals surface area (Å²) in [6.07, 6.45) is 0. The topological polar surface area (TPSA) is 41.1 Å². The first-order chi connectivity index (χ1) is 10.4. The number of halogens is 2. The standard InChI is InChI=1S/C17H18BrClN2O/c1-17(2,12-6-8-14(19)9-7-12)11-20-16(22)21-15-5-3-4-13(18)10-15/h3-10H,11H2,1-2H3,(H2,20,21,22). The summed E-state index contributed by atoms with van der Waals surface area (Å²) in [4.78, 5) is 12.0. The molecule has 0 heterocycles. The average Bonchev–Trinajstić information content (AvgIpc) is 2.46. The van der Waals surface area contributed by atoms with Crippen molar-refractivity contribution in [3.05, 3.63) is 63.6 Å². The van der Waals surface area contributed by atoms with E-state index in [4.69, 9.17) is 11.6 Å². The van der Waals surface area contributed by atoms with Gasteiger partial charge in [-0.25, -0.2) is 4.79 Å². The van der Waals surface area contributed by atoms with Crippen molar-refractivity contribution >= 4 is 39.2 Å². The van der Waals surface area contributed by atoms with Crippen LogP contribution in [0.5, 0.6) is 0 Å². The van der Waals surface area contributed by atoms with E-state index >= 15 is 0 Å². The first kappa shape index (κ1) is 16.8. The summed E-state index contributed by atoms with van der Waals surface area (Å²) >= 11 is 9.29. The Morgan fingerprint density at radius 1 is 1.18 bits per heavy atom. The van der Waals surface area contributed by atoms with Crippen molar-refractivity contribution in [3.8, 4) is 0 Å². The molecule has 0 saturated heterocycles. The zero-order valence-corrected chi connectivity index (χ0v) is 14.8. The van der Waals surface area contributed by atoms with E-state index in [2.05, 4.69) is 40.4 Å². The van der Waals surface area contributed by atoms with Gasteiger partial charge in [0.05, 0.1) is 0 Å². The second-order valence-corrected chi connectivity index (χ2v) is 7.06. The number of urea groups is 1. The summed E-state index contributed by atoms with van der Waals surface area (Å²) in [6, 6.07) is 14.9. The van der Waals surface area contributed by atoms with Crippen LogP contribution in [0.3, 0.4) is 0 Å². The van der Waals surface area contributed by atoms with Crippen LogP contribution in [0.15, 0.2) is 53.0 Å². The van der Waals surface area contributed by atoms with Crippen LogP contribution in [0.25, 0.3) is 0 Å². The molecule has 2 N–H and O–H groups in total. The Kier molecular flexibility index (Phi) is 5.48. The second kappa shape index (κ2) is 7.16. The summed E-state index contributed by atoms with van der Waals surface area (Å²) in [5, 5.41) is 6.43. The van der Waals surface area contributed by atoms with Gasteiger partial charge in [0.1, 0.15) is 0 Å². The zero-order valence-electron chi connectivity index (χ0n) is 12.5. The molecule has 0 saturated carbocycles. The number of hydrogen-bond donors (Lipinski definition) is 2. The summed E-state index contributed by atoms with van der Waals surface area (Å²) in [5.41, 5.74) is 1.69. The van der Waals surface area contributed by atoms with Gasteiger partial charge < -0.3 is 10.6 Å². The van der Waals surface area contributed by atoms with E-state index < -0.39 is 0 Å². The molecule has 0 aliphatic rings. The summed E-state index contributed by atoms with van der Waals surface area (Å²) in [6.45, 7) is 4.68. The molecule has 22 heavy (non-hydrogen) atoms. The minimum atomic E-state index is -0.222. The molecule has 3 nitrogen and oxygen atoms in total. The lowest BCUT2D eigenvalue weighted by Gasteiger charge is -2.25. The van der Waals surface area contributed by atoms with Crippen LogP contribution in [0.2, 0.25) is 5.02 Å². The van der Waals surface area contributed by atoms with Gasteiger partial charge in [-0.3, -0.25) is 0 Å². The van der Waals surface area contributed by atoms with E-state index in [1.807, 2.05) is 48.5 Å². The fourth-order valence-corrected chi connectivity index (χ4v) is 2.57. The molecule has 2 amide bonds. The first-order valence-corrected chi connectivity index (χ1v) is 8.10. The molecule has 0 fully saturated rings. The van der Waals surface area contributed by atoms with E-state index in [-0.39, 0.29) is 11.4 Å². The normalized spacial score (nSPS) is 11.1. The minimum Gasteiger partial charge on any atom is -0.337 e. The van der Waals surface area contributed by atoms with Gasteiger partial charge in [0.15, 0.2) is 0 Å². The van der Waals surface area contributed by atoms with E-state index in [9.17, 15) is 4.79 Å². The molecule has 2 aromatic carbocycles. The number of nitrogens with one attached hydrogen (secondary N) is 2. The van der Waals surface area contributed by atoms with E-state index in [1.165, 1.54) is 0 Å². The molecule has 0 aliphatic carbocycles. The molecule has 0 aliphatic heterocycles. The Labute approximate surface area is 144 Å². The van der Waals surface area contributed by atoms with E-state index in [0.29, 0.717) is 11.6 Å². The SMILES string of the molecule is CC(C)(CNC(=O)Nc1cccc(Br)c1)c1ccc(Cl)cc1. The lowest BCUT2D eigenvalue weighted by atomic mass is 9.85. The van der Waals surface area contributed by atoms with Gasteiger partial charge >= 0.3 is 6.03 Å². The van der Waals surface area contributed by atoms with Crippen LogP contribution >= 0.6 is 27.5 Å². The highest BCUT2D eigenvalue weighted by Crippen LogP contribution is 2.24. The highest BCUT2D eigenvalue weighted by molar-refractivity contribution is 9.10. The highest BCUT2D eigenvalue weighted by atomic mass is 79.9. The summed E-state index contributed by atoms with van der Waals surface area (Å²) < 4.78 is 0.923. The van der Waals surface area contributed by atoms with Gasteiger partial charge in [-0.05, 0) is 35.9 Å². The fraction of sp³-hybridized carbons (Fsp3) is 0.235. The molecular formula is C17H18BrClN2O. The number of anilines is 1. The van der Waals surface area contributed by atoms with Crippen molar-refractivity contribution in [1.82, 2.24) is 5.32 Å². The third-order valence-corrected chi connectivity index (χ3v) is 4.14. The Balaban J connectivity index is 1.93. The fourth-order valence-electron chi connectivity index (χ4n) is 2.05. The molecule has 116 valence electrons. The predicted octanol–water partition coefficient (Wildman–Crippen LogP) is 5.20. The van der Waals surface area contributed by atoms with Gasteiger partial charge in [-0.2, -0.15) is 0 Å². The Morgan fingerprint density at radius 3 is 2.50 bits per heavy atom. The number of carbonyl (C=O) groups excluding carboxylic acids is 1. The van der Waals surface area contributed by atoms with Gasteiger partial charge in [-0.15, -0.1) is 0 Å². The smallest absolute Gasteiger partial charge is 0.319 e. The largest absolute Gasteiger partial charge is 0.337 e. The zero-order chi connectivity index (χ0) is 16.2. The van der Waals surface area contributed by atoms with Crippen molar-refractivity contribution in [1.29, 1.82) is 0 Å². The predicted molar refractivity (Wildman–Crippen MR) is 95.6 cm³/mol. The van der Waals surface area contributed by atoms with Crippen molar-refractivity contribution < 1.29 is 4.79 Å². The Morgan fingerprint density at radius 2 is 1.86 bits per heavy atom. The maximum Gasteiger partial charge on any atom is 0.319 e. The molecule has 2 rings (SSSR count). The molecule has 0 atom stereocenters. The Hall–Kier alpha value is -1.52. The van der Waals surface area contributed by atoms with Gasteiger partial charge in [0.2, 0.25) is 0 Å². The third-order valence-electron chi connectivity index (χ3n) is 3.40. The quantitative estimate of drug-likeness (QED) is 0.750. The van der Waals surface area contributed by atoms with E-state index in [1.54, 1.807) is 0 Å². The van der Waals surface area contributed by atoms with Crippen molar-refractivity contribution in [3.63, 3.8) is 0 Å². The number of benzene rings is 2. The van der Waals surface area contributed by atoms with Gasteiger partial charge in [0, 0.05) is 27.1 Å². The summed E-state index contributed by atoms with van der Waals surface area (Å²) in [5.74, 6) is 0. The van der Waals surface area contributed by atoms with Crippen LogP contribution in [-0.2, 0) is 5.41 Å². The van der Waals surface area contributed by atoms with Gasteiger partial charge in [0.25, 0.3) is 0 Å². The van der Waals surface area contributed by atoms with Crippen molar-refractivity contribution in [2.24, 2.45) is 0 Å². The number of hydrogen-bond acceptors (Lipinski definition) is 1. The van der Waals surface area contributed by atoms with Crippen LogP contribution in [-0.4, -0.2) is 12.6 Å². The third kappa shape index (κ3) is 4.75. The number of amides is 2. The second-order valence-electron chi connectivity index (χ2n) is 5.71. The van der Waals surface area contributed by atoms with Crippen LogP contribution in [0.1, 0.15) is 19.4 Å². The monoisotopic (exact) mass is 380 g/mol. The maximum atomic E-state index is 12.0. The maximum absolute atomic E-state index is 12.0. The molecular weight excluding hydrogens is 364 g/mol. The van der Waals surface area contributed by atoms with E-state index in [0.717, 1.165) is 15.7 Å². The minimum absolute atomic E-state index is 0.181. The average molecular weight is 382 g/mol. The molecule has 0 spiro atoms. The Bertz CT molecular complexity index is 656. The van der Waals surface area contributed by atoms with Crippen molar-refractivity contribution in [2.75, 3.05) is 11.9 Å². The lowest BCUT2D eigenvalue weighted by Crippen LogP contribution is -2.38. The van der Waals surface area contributed by atoms with Gasteiger partial charge in [-0.1, -0.05) is 59.6 Å². The first-order valence-electron chi connectivity index (χ1n) is 6.93. The molecule has 0 bridgehead atoms. The lowest BCUT2D eigenvalue weighted by molar-refractivity contribution is 0.249. The molecule has 0 unspecified atom stereocenters. The van der Waals surface area contributed by atoms with Crippen LogP contribution in [0, 0.1) is 0 Å². The summed E-state index contributed by atoms with van der Waals surface area (Å²) in [7, 11) is 0. The molecule has 2 aromatic rings. The molecule has 5 heteroatoms. The highest BCUT2D eigenvalue weighted by Gasteiger charge is 2.21. The number of rotatable bonds is 4. The van der Waals surface area contributed by atoms with Crippen molar-refractivity contribution in [2.45, 2.75) is 19.3 Å². The van der Waals surface area contributed by atoms with Crippen LogP contribution in [0.4, 0.5) is 10.5 Å². The van der Waals surface area contributed by atoms with Crippen LogP contribution < -0.4 is 10.6 Å². The molecule has 0 aromatic heterocycles. The number of carbonyl (C=O) groups is 1.